The van der Waals surface area contributed by atoms with Crippen LogP contribution in [-0.2, 0) is 32.8 Å². The summed E-state index contributed by atoms with van der Waals surface area (Å²) in [5.41, 5.74) is -4.05. The van der Waals surface area contributed by atoms with Gasteiger partial charge in [-0.2, -0.15) is 0 Å². The van der Waals surface area contributed by atoms with Crippen LogP contribution in [0.15, 0.2) is 52.2 Å². The van der Waals surface area contributed by atoms with Gasteiger partial charge in [0.15, 0.2) is 24.3 Å². The van der Waals surface area contributed by atoms with Crippen molar-refractivity contribution in [1.82, 2.24) is 14.6 Å². The van der Waals surface area contributed by atoms with E-state index in [0.29, 0.717) is 26.1 Å². The van der Waals surface area contributed by atoms with Gasteiger partial charge in [0.25, 0.3) is 5.56 Å². The van der Waals surface area contributed by atoms with Gasteiger partial charge in [0.2, 0.25) is 0 Å². The third-order valence-corrected chi connectivity index (χ3v) is 8.24. The van der Waals surface area contributed by atoms with Crippen LogP contribution in [0.1, 0.15) is 46.3 Å². The maximum atomic E-state index is 16.4. The summed E-state index contributed by atoms with van der Waals surface area (Å²) in [6.45, 7) is 4.84. The van der Waals surface area contributed by atoms with E-state index in [0.717, 1.165) is 23.8 Å². The van der Waals surface area contributed by atoms with E-state index in [2.05, 4.69) is 10.1 Å². The Morgan fingerprint density at radius 3 is 2.61 bits per heavy atom. The SMILES string of the molecule is CCCCC(=O)OC1C(COP(=O)(N[C@@H](C)C2OCCO2)Oc2ccccc2)OC(n2ccc(=O)[nH]c2=O)C1(C)F. The smallest absolute Gasteiger partial charge is 0.456 e. The first-order valence-corrected chi connectivity index (χ1v) is 14.9. The Balaban J connectivity index is 1.59. The predicted molar refractivity (Wildman–Crippen MR) is 143 cm³/mol. The number of nitrogens with one attached hydrogen (secondary N) is 2. The van der Waals surface area contributed by atoms with Gasteiger partial charge in [-0.1, -0.05) is 31.5 Å². The van der Waals surface area contributed by atoms with E-state index in [1.807, 2.05) is 6.92 Å². The van der Waals surface area contributed by atoms with E-state index < -0.39 is 68.0 Å². The zero-order valence-corrected chi connectivity index (χ0v) is 23.9. The first kappa shape index (κ1) is 31.1. The highest BCUT2D eigenvalue weighted by Gasteiger charge is 2.58. The summed E-state index contributed by atoms with van der Waals surface area (Å²) in [5, 5.41) is 2.78. The first-order valence-electron chi connectivity index (χ1n) is 13.4. The number of hydrogen-bond donors (Lipinski definition) is 2. The largest absolute Gasteiger partial charge is 0.459 e. The summed E-state index contributed by atoms with van der Waals surface area (Å²) in [5.74, 6) is -0.443. The second-order valence-electron chi connectivity index (χ2n) is 9.93. The molecule has 2 aromatic rings. The number of ether oxygens (including phenoxy) is 4. The van der Waals surface area contributed by atoms with Crippen molar-refractivity contribution >= 4 is 13.7 Å². The van der Waals surface area contributed by atoms with Gasteiger partial charge in [0, 0.05) is 18.7 Å². The molecular weight excluding hydrogens is 564 g/mol. The van der Waals surface area contributed by atoms with Crippen LogP contribution in [0, 0.1) is 0 Å². The van der Waals surface area contributed by atoms with Gasteiger partial charge in [-0.25, -0.2) is 18.8 Å². The van der Waals surface area contributed by atoms with Crippen molar-refractivity contribution in [3.63, 3.8) is 0 Å². The fraction of sp³-hybridized carbons (Fsp3) is 0.577. The van der Waals surface area contributed by atoms with Crippen LogP contribution in [0.3, 0.4) is 0 Å². The van der Waals surface area contributed by atoms with E-state index in [1.165, 1.54) is 0 Å². The molecule has 1 aromatic carbocycles. The molecule has 0 bridgehead atoms. The van der Waals surface area contributed by atoms with Crippen LogP contribution in [0.25, 0.3) is 0 Å². The number of hydrogen-bond acceptors (Lipinski definition) is 10. The molecule has 0 saturated carbocycles. The number of alkyl halides is 1. The number of aromatic amines is 1. The first-order chi connectivity index (χ1) is 19.5. The molecule has 6 atom stereocenters. The van der Waals surface area contributed by atoms with Crippen molar-refractivity contribution in [1.29, 1.82) is 0 Å². The van der Waals surface area contributed by atoms with E-state index >= 15 is 4.39 Å². The van der Waals surface area contributed by atoms with Gasteiger partial charge in [0.05, 0.1) is 25.9 Å². The molecule has 15 heteroatoms. The Hall–Kier alpha value is -2.87. The highest BCUT2D eigenvalue weighted by atomic mass is 31.2. The summed E-state index contributed by atoms with van der Waals surface area (Å²) in [6, 6.07) is 8.66. The zero-order chi connectivity index (χ0) is 29.6. The minimum atomic E-state index is -4.20. The zero-order valence-electron chi connectivity index (χ0n) is 23.0. The highest BCUT2D eigenvalue weighted by molar-refractivity contribution is 7.52. The maximum absolute atomic E-state index is 16.4. The molecule has 2 N–H and O–H groups in total. The molecule has 2 aliphatic rings. The van der Waals surface area contributed by atoms with E-state index in [4.69, 9.17) is 28.0 Å². The number of esters is 1. The fourth-order valence-corrected chi connectivity index (χ4v) is 6.06. The summed E-state index contributed by atoms with van der Waals surface area (Å²) < 4.78 is 65.0. The minimum absolute atomic E-state index is 0.0377. The molecule has 0 spiro atoms. The molecule has 0 aliphatic carbocycles. The fourth-order valence-electron chi connectivity index (χ4n) is 4.52. The number of benzene rings is 1. The van der Waals surface area contributed by atoms with Gasteiger partial charge < -0.3 is 23.5 Å². The van der Waals surface area contributed by atoms with Crippen LogP contribution in [0.2, 0.25) is 0 Å². The van der Waals surface area contributed by atoms with Crippen LogP contribution >= 0.6 is 7.75 Å². The monoisotopic (exact) mass is 599 g/mol. The number of para-hydroxylation sites is 1. The molecule has 13 nitrogen and oxygen atoms in total. The quantitative estimate of drug-likeness (QED) is 0.258. The molecule has 0 amide bonds. The van der Waals surface area contributed by atoms with Gasteiger partial charge in [-0.3, -0.25) is 23.7 Å². The molecule has 3 heterocycles. The third kappa shape index (κ3) is 7.70. The van der Waals surface area contributed by atoms with Crippen molar-refractivity contribution in [2.45, 2.75) is 76.5 Å². The number of unbranched alkanes of at least 4 members (excludes halogenated alkanes) is 1. The molecule has 41 heavy (non-hydrogen) atoms. The number of H-pyrrole nitrogens is 1. The van der Waals surface area contributed by atoms with E-state index in [-0.39, 0.29) is 12.2 Å². The lowest BCUT2D eigenvalue weighted by Gasteiger charge is -2.29. The van der Waals surface area contributed by atoms with Gasteiger partial charge in [-0.15, -0.1) is 0 Å². The molecule has 226 valence electrons. The van der Waals surface area contributed by atoms with Crippen LogP contribution in [-0.4, -0.2) is 65.5 Å². The van der Waals surface area contributed by atoms with Crippen molar-refractivity contribution in [3.8, 4) is 5.75 Å². The van der Waals surface area contributed by atoms with Crippen LogP contribution < -0.4 is 20.9 Å². The summed E-state index contributed by atoms with van der Waals surface area (Å²) >= 11 is 0. The second kappa shape index (κ2) is 13.4. The lowest BCUT2D eigenvalue weighted by molar-refractivity contribution is -0.158. The Labute approximate surface area is 235 Å². The molecule has 2 saturated heterocycles. The second-order valence-corrected chi connectivity index (χ2v) is 11.6. The topological polar surface area (TPSA) is 156 Å². The summed E-state index contributed by atoms with van der Waals surface area (Å²) in [7, 11) is -4.20. The lowest BCUT2D eigenvalue weighted by Crippen LogP contribution is -2.46. The Kier molecular flexibility index (Phi) is 10.2. The van der Waals surface area contributed by atoms with Crippen molar-refractivity contribution in [3.05, 3.63) is 63.4 Å². The highest BCUT2D eigenvalue weighted by Crippen LogP contribution is 2.48. The Morgan fingerprint density at radius 1 is 1.24 bits per heavy atom. The molecule has 2 aliphatic heterocycles. The Morgan fingerprint density at radius 2 is 1.95 bits per heavy atom. The van der Waals surface area contributed by atoms with Gasteiger partial charge in [0.1, 0.15) is 11.9 Å². The van der Waals surface area contributed by atoms with Crippen molar-refractivity contribution in [2.75, 3.05) is 19.8 Å². The van der Waals surface area contributed by atoms with Gasteiger partial charge >= 0.3 is 19.4 Å². The normalized spacial score (nSPS) is 26.9. The third-order valence-electron chi connectivity index (χ3n) is 6.57. The van der Waals surface area contributed by atoms with Gasteiger partial charge in [-0.05, 0) is 32.4 Å². The predicted octanol–water partition coefficient (Wildman–Crippen LogP) is 2.82. The standard InChI is InChI=1S/C26H35FN3O10P/c1-4-5-11-21(32)39-22-19(38-24(26(22,3)27)30-13-12-20(31)28-25(30)33)16-37-41(34,40-18-9-7-6-8-10-18)29-17(2)23-35-14-15-36-23/h6-10,12-13,17,19,22-24H,4-5,11,14-16H2,1-3H3,(H,29,34)(H,28,31,33)/t17-,19?,22?,24?,26?,41?/m0/s1. The van der Waals surface area contributed by atoms with E-state index in [9.17, 15) is 18.9 Å². The van der Waals surface area contributed by atoms with Crippen LogP contribution in [0.5, 0.6) is 5.75 Å². The summed E-state index contributed by atoms with van der Waals surface area (Å²) in [6.07, 6.45) is -2.84. The lowest BCUT2D eigenvalue weighted by atomic mass is 9.98. The molecule has 4 rings (SSSR count). The van der Waals surface area contributed by atoms with E-state index in [1.54, 1.807) is 37.3 Å². The molecule has 2 fully saturated rings. The van der Waals surface area contributed by atoms with Crippen LogP contribution in [0.4, 0.5) is 4.39 Å². The minimum Gasteiger partial charge on any atom is -0.456 e. The Bertz CT molecular complexity index is 1330. The summed E-state index contributed by atoms with van der Waals surface area (Å²) in [4.78, 5) is 38.7. The molecule has 0 radical (unpaired) electrons. The molecule has 1 aromatic heterocycles. The number of aromatic nitrogens is 2. The maximum Gasteiger partial charge on any atom is 0.459 e. The number of halogens is 1. The number of carbonyl (C=O) groups is 1. The number of carbonyl (C=O) groups excluding carboxylic acids is 1. The van der Waals surface area contributed by atoms with Crippen molar-refractivity contribution in [2.24, 2.45) is 0 Å². The molecular formula is C26H35FN3O10P. The number of nitrogens with zero attached hydrogens (tertiary/aromatic N) is 1. The number of rotatable bonds is 13. The average Bonchev–Trinajstić information content (AvgIpc) is 3.55. The van der Waals surface area contributed by atoms with Crippen molar-refractivity contribution < 1.29 is 41.7 Å². The average molecular weight is 600 g/mol. The molecule has 5 unspecified atom stereocenters.